The number of nitrogens with one attached hydrogen (secondary N) is 1. The van der Waals surface area contributed by atoms with Gasteiger partial charge in [-0.1, -0.05) is 27.7 Å². The highest BCUT2D eigenvalue weighted by molar-refractivity contribution is 5.37. The maximum Gasteiger partial charge on any atom is 0.124 e. The lowest BCUT2D eigenvalue weighted by molar-refractivity contribution is 0.576. The third-order valence-corrected chi connectivity index (χ3v) is 2.44. The smallest absolute Gasteiger partial charge is 0.124 e. The van der Waals surface area contributed by atoms with Gasteiger partial charge in [0, 0.05) is 19.2 Å². The molecule has 0 spiro atoms. The van der Waals surface area contributed by atoms with Gasteiger partial charge in [0.15, 0.2) is 0 Å². The van der Waals surface area contributed by atoms with Gasteiger partial charge in [0.1, 0.15) is 5.82 Å². The highest BCUT2D eigenvalue weighted by atomic mass is 15.3. The second-order valence-corrected chi connectivity index (χ2v) is 4.77. The summed E-state index contributed by atoms with van der Waals surface area (Å²) in [5, 5.41) is 8.09. The summed E-state index contributed by atoms with van der Waals surface area (Å²) < 4.78 is 2.10. The van der Waals surface area contributed by atoms with Crippen LogP contribution in [-0.2, 0) is 13.0 Å². The number of aryl methyl sites for hydroxylation is 1. The van der Waals surface area contributed by atoms with Crippen molar-refractivity contribution in [3.05, 3.63) is 11.8 Å². The van der Waals surface area contributed by atoms with E-state index < -0.39 is 0 Å². The van der Waals surface area contributed by atoms with Gasteiger partial charge in [0.05, 0.1) is 5.69 Å². The lowest BCUT2D eigenvalue weighted by atomic mass is 10.1. The van der Waals surface area contributed by atoms with E-state index in [0.29, 0.717) is 5.92 Å². The van der Waals surface area contributed by atoms with E-state index in [9.17, 15) is 0 Å². The van der Waals surface area contributed by atoms with E-state index in [2.05, 4.69) is 48.9 Å². The molecule has 0 fully saturated rings. The largest absolute Gasteiger partial charge is 0.370 e. The van der Waals surface area contributed by atoms with Gasteiger partial charge in [-0.25, -0.2) is 4.68 Å². The first-order valence-electron chi connectivity index (χ1n) is 6.48. The molecule has 1 rings (SSSR count). The lowest BCUT2D eigenvalue weighted by Gasteiger charge is -2.07. The molecule has 1 N–H and O–H groups in total. The van der Waals surface area contributed by atoms with Crippen LogP contribution in [-0.4, -0.2) is 16.3 Å². The molecule has 0 amide bonds. The fourth-order valence-corrected chi connectivity index (χ4v) is 1.77. The van der Waals surface area contributed by atoms with Crippen LogP contribution in [0, 0.1) is 5.92 Å². The maximum absolute atomic E-state index is 4.65. The number of aromatic nitrogens is 2. The van der Waals surface area contributed by atoms with Gasteiger partial charge < -0.3 is 5.32 Å². The molecule has 3 heteroatoms. The first kappa shape index (κ1) is 13.1. The molecule has 1 aromatic heterocycles. The third-order valence-electron chi connectivity index (χ3n) is 2.44. The van der Waals surface area contributed by atoms with Gasteiger partial charge in [-0.15, -0.1) is 0 Å². The molecule has 0 aliphatic carbocycles. The maximum atomic E-state index is 4.65. The molecule has 92 valence electrons. The van der Waals surface area contributed by atoms with Gasteiger partial charge >= 0.3 is 0 Å². The molecule has 0 bridgehead atoms. The summed E-state index contributed by atoms with van der Waals surface area (Å²) in [4.78, 5) is 0. The Kier molecular flexibility index (Phi) is 5.36. The van der Waals surface area contributed by atoms with E-state index in [0.717, 1.165) is 32.4 Å². The van der Waals surface area contributed by atoms with Crippen molar-refractivity contribution >= 4 is 5.82 Å². The summed E-state index contributed by atoms with van der Waals surface area (Å²) >= 11 is 0. The molecule has 0 aliphatic heterocycles. The predicted molar refractivity (Wildman–Crippen MR) is 69.8 cm³/mol. The molecule has 0 aromatic carbocycles. The van der Waals surface area contributed by atoms with Crippen LogP contribution in [0.3, 0.4) is 0 Å². The van der Waals surface area contributed by atoms with Crippen molar-refractivity contribution in [3.8, 4) is 0 Å². The standard InChI is InChI=1S/C13H25N3/c1-5-7-14-13-10-12(9-11(3)4)15-16(13)8-6-2/h10-11,14H,5-9H2,1-4H3. The number of hydrogen-bond donors (Lipinski definition) is 1. The zero-order valence-electron chi connectivity index (χ0n) is 11.1. The SMILES string of the molecule is CCCNc1cc(CC(C)C)nn1CCC. The lowest BCUT2D eigenvalue weighted by Crippen LogP contribution is -2.08. The fraction of sp³-hybridized carbons (Fsp3) is 0.769. The number of anilines is 1. The fourth-order valence-electron chi connectivity index (χ4n) is 1.77. The van der Waals surface area contributed by atoms with E-state index in [4.69, 9.17) is 0 Å². The summed E-state index contributed by atoms with van der Waals surface area (Å²) in [5.41, 5.74) is 1.21. The molecule has 16 heavy (non-hydrogen) atoms. The van der Waals surface area contributed by atoms with E-state index in [1.54, 1.807) is 0 Å². The molecule has 0 atom stereocenters. The highest BCUT2D eigenvalue weighted by Gasteiger charge is 2.07. The average molecular weight is 223 g/mol. The van der Waals surface area contributed by atoms with Crippen LogP contribution in [0.25, 0.3) is 0 Å². The minimum atomic E-state index is 0.670. The molecule has 0 radical (unpaired) electrons. The quantitative estimate of drug-likeness (QED) is 0.768. The summed E-state index contributed by atoms with van der Waals surface area (Å²) in [6.07, 6.45) is 3.35. The van der Waals surface area contributed by atoms with Crippen molar-refractivity contribution in [2.45, 2.75) is 53.5 Å². The van der Waals surface area contributed by atoms with Gasteiger partial charge in [-0.2, -0.15) is 5.10 Å². The molecule has 0 unspecified atom stereocenters. The first-order valence-corrected chi connectivity index (χ1v) is 6.48. The van der Waals surface area contributed by atoms with Crippen molar-refractivity contribution in [1.82, 2.24) is 9.78 Å². The molecular weight excluding hydrogens is 198 g/mol. The number of rotatable bonds is 7. The Balaban J connectivity index is 2.73. The second kappa shape index (κ2) is 6.56. The van der Waals surface area contributed by atoms with Crippen LogP contribution >= 0.6 is 0 Å². The van der Waals surface area contributed by atoms with Crippen LogP contribution in [0.2, 0.25) is 0 Å². The molecule has 0 aliphatic rings. The Labute approximate surface area is 99.2 Å². The van der Waals surface area contributed by atoms with E-state index in [-0.39, 0.29) is 0 Å². The topological polar surface area (TPSA) is 29.9 Å². The molecule has 3 nitrogen and oxygen atoms in total. The summed E-state index contributed by atoms with van der Waals surface area (Å²) in [7, 11) is 0. The molecular formula is C13H25N3. The molecule has 1 aromatic rings. The second-order valence-electron chi connectivity index (χ2n) is 4.77. The normalized spacial score (nSPS) is 11.1. The van der Waals surface area contributed by atoms with Crippen molar-refractivity contribution in [3.63, 3.8) is 0 Å². The minimum absolute atomic E-state index is 0.670. The Morgan fingerprint density at radius 2 is 2.06 bits per heavy atom. The van der Waals surface area contributed by atoms with Crippen LogP contribution in [0.5, 0.6) is 0 Å². The predicted octanol–water partition coefficient (Wildman–Crippen LogP) is 3.31. The summed E-state index contributed by atoms with van der Waals surface area (Å²) in [6.45, 7) is 10.9. The van der Waals surface area contributed by atoms with Crippen molar-refractivity contribution in [1.29, 1.82) is 0 Å². The molecule has 1 heterocycles. The van der Waals surface area contributed by atoms with Gasteiger partial charge in [0.25, 0.3) is 0 Å². The third kappa shape index (κ3) is 3.87. The zero-order chi connectivity index (χ0) is 12.0. The first-order chi connectivity index (χ1) is 7.67. The monoisotopic (exact) mass is 223 g/mol. The highest BCUT2D eigenvalue weighted by Crippen LogP contribution is 2.14. The van der Waals surface area contributed by atoms with E-state index in [1.807, 2.05) is 0 Å². The van der Waals surface area contributed by atoms with Crippen LogP contribution in [0.1, 0.15) is 46.2 Å². The molecule has 0 saturated carbocycles. The van der Waals surface area contributed by atoms with E-state index in [1.165, 1.54) is 11.5 Å². The van der Waals surface area contributed by atoms with Crippen molar-refractivity contribution < 1.29 is 0 Å². The zero-order valence-corrected chi connectivity index (χ0v) is 11.1. The minimum Gasteiger partial charge on any atom is -0.370 e. The Morgan fingerprint density at radius 1 is 1.31 bits per heavy atom. The van der Waals surface area contributed by atoms with Crippen molar-refractivity contribution in [2.24, 2.45) is 5.92 Å². The van der Waals surface area contributed by atoms with Crippen LogP contribution in [0.4, 0.5) is 5.82 Å². The Bertz CT molecular complexity index is 302. The van der Waals surface area contributed by atoms with Gasteiger partial charge in [-0.05, 0) is 25.2 Å². The van der Waals surface area contributed by atoms with Gasteiger partial charge in [0.2, 0.25) is 0 Å². The van der Waals surface area contributed by atoms with Gasteiger partial charge in [-0.3, -0.25) is 0 Å². The summed E-state index contributed by atoms with van der Waals surface area (Å²) in [6, 6.07) is 2.20. The van der Waals surface area contributed by atoms with Crippen molar-refractivity contribution in [2.75, 3.05) is 11.9 Å². The van der Waals surface area contributed by atoms with Crippen LogP contribution in [0.15, 0.2) is 6.07 Å². The number of hydrogen-bond acceptors (Lipinski definition) is 2. The Hall–Kier alpha value is -0.990. The summed E-state index contributed by atoms with van der Waals surface area (Å²) in [5.74, 6) is 1.85. The molecule has 0 saturated heterocycles. The number of nitrogens with zero attached hydrogens (tertiary/aromatic N) is 2. The van der Waals surface area contributed by atoms with Crippen LogP contribution < -0.4 is 5.32 Å². The average Bonchev–Trinajstić information content (AvgIpc) is 2.57. The Morgan fingerprint density at radius 3 is 2.62 bits per heavy atom. The van der Waals surface area contributed by atoms with E-state index >= 15 is 0 Å².